The molecule has 2 aromatic carbocycles. The Morgan fingerprint density at radius 2 is 1.94 bits per heavy atom. The Hall–Kier alpha value is -3.88. The van der Waals surface area contributed by atoms with Crippen LogP contribution in [-0.4, -0.2) is 39.2 Å². The third-order valence-corrected chi connectivity index (χ3v) is 5.57. The Morgan fingerprint density at radius 3 is 2.69 bits per heavy atom. The molecule has 2 aromatic heterocycles. The van der Waals surface area contributed by atoms with Crippen LogP contribution in [-0.2, 0) is 0 Å². The van der Waals surface area contributed by atoms with Crippen molar-refractivity contribution in [2.24, 2.45) is 0 Å². The van der Waals surface area contributed by atoms with Crippen LogP contribution in [0.1, 0.15) is 35.2 Å². The lowest BCUT2D eigenvalue weighted by Gasteiger charge is -2.19. The summed E-state index contributed by atoms with van der Waals surface area (Å²) < 4.78 is 27.9. The smallest absolute Gasteiger partial charge is 0.264 e. The molecule has 0 spiro atoms. The van der Waals surface area contributed by atoms with Crippen molar-refractivity contribution in [3.05, 3.63) is 65.9 Å². The second-order valence-corrected chi connectivity index (χ2v) is 7.62. The largest absolute Gasteiger partial charge is 0.372 e. The minimum atomic E-state index is -2.65. The molecule has 1 fully saturated rings. The van der Waals surface area contributed by atoms with E-state index in [9.17, 15) is 13.6 Å². The highest BCUT2D eigenvalue weighted by Gasteiger charge is 2.22. The molecule has 1 saturated heterocycles. The molecule has 0 radical (unpaired) electrons. The van der Waals surface area contributed by atoms with Gasteiger partial charge >= 0.3 is 0 Å². The number of anilines is 2. The Balaban J connectivity index is 1.53. The van der Waals surface area contributed by atoms with Crippen LogP contribution >= 0.6 is 0 Å². The zero-order valence-corrected chi connectivity index (χ0v) is 17.1. The van der Waals surface area contributed by atoms with Gasteiger partial charge in [-0.3, -0.25) is 4.79 Å². The normalized spacial score (nSPS) is 13.8. The second kappa shape index (κ2) is 8.33. The molecular weight excluding hydrogens is 414 g/mol. The molecule has 7 nitrogen and oxygen atoms in total. The van der Waals surface area contributed by atoms with E-state index < -0.39 is 12.3 Å². The van der Waals surface area contributed by atoms with Gasteiger partial charge in [0.1, 0.15) is 11.3 Å². The number of para-hydroxylation sites is 1. The number of hydrogen-bond donors (Lipinski definition) is 2. The number of H-pyrrole nitrogens is 1. The molecule has 1 aliphatic heterocycles. The summed E-state index contributed by atoms with van der Waals surface area (Å²) in [5.74, 6) is 0.193. The van der Waals surface area contributed by atoms with Crippen LogP contribution in [0.2, 0.25) is 0 Å². The van der Waals surface area contributed by atoms with E-state index in [2.05, 4.69) is 30.4 Å². The van der Waals surface area contributed by atoms with Crippen molar-refractivity contribution in [3.63, 3.8) is 0 Å². The van der Waals surface area contributed by atoms with Crippen LogP contribution in [0.25, 0.3) is 22.4 Å². The number of halogens is 2. The number of nitrogens with one attached hydrogen (secondary N) is 2. The van der Waals surface area contributed by atoms with Crippen molar-refractivity contribution < 1.29 is 13.6 Å². The van der Waals surface area contributed by atoms with Gasteiger partial charge in [0.25, 0.3) is 12.3 Å². The summed E-state index contributed by atoms with van der Waals surface area (Å²) >= 11 is 0. The van der Waals surface area contributed by atoms with Crippen molar-refractivity contribution >= 4 is 28.4 Å². The third kappa shape index (κ3) is 3.77. The number of aromatic amines is 1. The maximum absolute atomic E-state index is 13.9. The maximum Gasteiger partial charge on any atom is 0.264 e. The molecule has 0 aliphatic carbocycles. The number of benzene rings is 2. The fourth-order valence-corrected chi connectivity index (χ4v) is 4.01. The number of amides is 1. The summed E-state index contributed by atoms with van der Waals surface area (Å²) in [7, 11) is 0. The van der Waals surface area contributed by atoms with Crippen LogP contribution < -0.4 is 10.2 Å². The van der Waals surface area contributed by atoms with E-state index >= 15 is 0 Å². The molecule has 4 aromatic rings. The molecule has 2 N–H and O–H groups in total. The number of nitrogens with zero attached hydrogens (tertiary/aromatic N) is 4. The summed E-state index contributed by atoms with van der Waals surface area (Å²) in [6.07, 6.45) is 0.982. The van der Waals surface area contributed by atoms with Crippen molar-refractivity contribution in [2.75, 3.05) is 23.3 Å². The predicted octanol–water partition coefficient (Wildman–Crippen LogP) is 4.81. The number of rotatable bonds is 5. The standard InChI is InChI=1S/C23H20F2N6O/c24-21(25)17-13-14(31-11-1-2-12-31)8-9-15(17)22-27-18-6-3-5-16(20(18)29-22)23(32)28-19-7-4-10-26-30-19/h3-10,13,21H,1-2,11-12H2,(H,27,29)(H,28,30,32). The van der Waals surface area contributed by atoms with Gasteiger partial charge in [0.2, 0.25) is 0 Å². The molecule has 0 unspecified atom stereocenters. The highest BCUT2D eigenvalue weighted by atomic mass is 19.3. The van der Waals surface area contributed by atoms with Gasteiger partial charge in [-0.15, -0.1) is 5.10 Å². The average Bonchev–Trinajstić information content (AvgIpc) is 3.49. The van der Waals surface area contributed by atoms with E-state index in [1.54, 1.807) is 42.5 Å². The maximum atomic E-state index is 13.9. The molecule has 32 heavy (non-hydrogen) atoms. The summed E-state index contributed by atoms with van der Waals surface area (Å²) in [6, 6.07) is 13.4. The lowest BCUT2D eigenvalue weighted by molar-refractivity contribution is 0.102. The molecular formula is C23H20F2N6O. The Bertz CT molecular complexity index is 1270. The zero-order valence-electron chi connectivity index (χ0n) is 17.1. The first kappa shape index (κ1) is 20.0. The van der Waals surface area contributed by atoms with Crippen LogP contribution in [0, 0.1) is 0 Å². The number of imidazole rings is 1. The van der Waals surface area contributed by atoms with Gasteiger partial charge in [-0.05, 0) is 55.3 Å². The number of fused-ring (bicyclic) bond motifs is 1. The monoisotopic (exact) mass is 434 g/mol. The fraction of sp³-hybridized carbons (Fsp3) is 0.217. The van der Waals surface area contributed by atoms with E-state index in [-0.39, 0.29) is 5.56 Å². The van der Waals surface area contributed by atoms with E-state index in [1.165, 1.54) is 6.20 Å². The minimum absolute atomic E-state index is 0.0842. The van der Waals surface area contributed by atoms with Crippen molar-refractivity contribution in [2.45, 2.75) is 19.3 Å². The Morgan fingerprint density at radius 1 is 1.09 bits per heavy atom. The van der Waals surface area contributed by atoms with Gasteiger partial charge < -0.3 is 15.2 Å². The second-order valence-electron chi connectivity index (χ2n) is 7.62. The van der Waals surface area contributed by atoms with Gasteiger partial charge in [0, 0.05) is 36.1 Å². The lowest BCUT2D eigenvalue weighted by Crippen LogP contribution is -2.17. The van der Waals surface area contributed by atoms with Crippen LogP contribution in [0.5, 0.6) is 0 Å². The van der Waals surface area contributed by atoms with Crippen molar-refractivity contribution in [1.29, 1.82) is 0 Å². The SMILES string of the molecule is O=C(Nc1cccnn1)c1cccc2[nH]c(-c3ccc(N4CCCC4)cc3C(F)F)nc12. The summed E-state index contributed by atoms with van der Waals surface area (Å²) in [5, 5.41) is 10.3. The van der Waals surface area contributed by atoms with Gasteiger partial charge in [0.05, 0.1) is 11.1 Å². The predicted molar refractivity (Wildman–Crippen MR) is 118 cm³/mol. The first-order valence-electron chi connectivity index (χ1n) is 10.4. The molecule has 0 saturated carbocycles. The minimum Gasteiger partial charge on any atom is -0.372 e. The molecule has 5 rings (SSSR count). The molecule has 162 valence electrons. The van der Waals surface area contributed by atoms with Crippen LogP contribution in [0.4, 0.5) is 20.3 Å². The summed E-state index contributed by atoms with van der Waals surface area (Å²) in [4.78, 5) is 22.5. The van der Waals surface area contributed by atoms with E-state index in [4.69, 9.17) is 0 Å². The third-order valence-electron chi connectivity index (χ3n) is 5.57. The van der Waals surface area contributed by atoms with Crippen LogP contribution in [0.15, 0.2) is 54.7 Å². The first-order chi connectivity index (χ1) is 15.6. The molecule has 1 aliphatic rings. The van der Waals surface area contributed by atoms with Crippen LogP contribution in [0.3, 0.4) is 0 Å². The zero-order chi connectivity index (χ0) is 22.1. The fourth-order valence-electron chi connectivity index (χ4n) is 4.01. The van der Waals surface area contributed by atoms with Gasteiger partial charge in [0.15, 0.2) is 5.82 Å². The van der Waals surface area contributed by atoms with Gasteiger partial charge in [-0.1, -0.05) is 6.07 Å². The number of carbonyl (C=O) groups is 1. The highest BCUT2D eigenvalue weighted by Crippen LogP contribution is 2.35. The molecule has 9 heteroatoms. The lowest BCUT2D eigenvalue weighted by atomic mass is 10.1. The van der Waals surface area contributed by atoms with E-state index in [0.29, 0.717) is 33.8 Å². The highest BCUT2D eigenvalue weighted by molar-refractivity contribution is 6.11. The molecule has 3 heterocycles. The molecule has 0 atom stereocenters. The van der Waals surface area contributed by atoms with E-state index in [1.807, 2.05) is 6.07 Å². The molecule has 1 amide bonds. The van der Waals surface area contributed by atoms with Crippen molar-refractivity contribution in [1.82, 2.24) is 20.2 Å². The summed E-state index contributed by atoms with van der Waals surface area (Å²) in [5.41, 5.74) is 2.31. The number of carbonyl (C=O) groups excluding carboxylic acids is 1. The topological polar surface area (TPSA) is 86.8 Å². The van der Waals surface area contributed by atoms with Gasteiger partial charge in [-0.2, -0.15) is 5.10 Å². The number of hydrogen-bond acceptors (Lipinski definition) is 5. The number of alkyl halides is 2. The Kier molecular flexibility index (Phi) is 5.22. The summed E-state index contributed by atoms with van der Waals surface area (Å²) in [6.45, 7) is 1.74. The molecule has 0 bridgehead atoms. The van der Waals surface area contributed by atoms with Crippen molar-refractivity contribution in [3.8, 4) is 11.4 Å². The quantitative estimate of drug-likeness (QED) is 0.471. The number of aromatic nitrogens is 4. The first-order valence-corrected chi connectivity index (χ1v) is 10.4. The Labute approximate surface area is 182 Å². The van der Waals surface area contributed by atoms with Gasteiger partial charge in [-0.25, -0.2) is 13.8 Å². The van der Waals surface area contributed by atoms with E-state index in [0.717, 1.165) is 31.6 Å². The average molecular weight is 434 g/mol.